The highest BCUT2D eigenvalue weighted by Gasteiger charge is 1.97. The van der Waals surface area contributed by atoms with Crippen molar-refractivity contribution < 1.29 is 9.47 Å². The van der Waals surface area contributed by atoms with Crippen molar-refractivity contribution in [3.05, 3.63) is 6.79 Å². The molecule has 0 N–H and O–H groups in total. The number of rotatable bonds is 7. The number of hydrogen-bond acceptors (Lipinski definition) is 2. The Labute approximate surface area is 69.9 Å². The van der Waals surface area contributed by atoms with Crippen LogP contribution in [0.3, 0.4) is 0 Å². The van der Waals surface area contributed by atoms with Crippen molar-refractivity contribution >= 4 is 0 Å². The summed E-state index contributed by atoms with van der Waals surface area (Å²) in [4.78, 5) is 0. The number of hydrogen-bond donors (Lipinski definition) is 0. The van der Waals surface area contributed by atoms with Gasteiger partial charge in [-0.3, -0.25) is 0 Å². The molecule has 0 spiro atoms. The quantitative estimate of drug-likeness (QED) is 0.532. The molecule has 2 heteroatoms. The Bertz CT molecular complexity index is 74.0. The molecule has 67 valence electrons. The Morgan fingerprint density at radius 1 is 1.36 bits per heavy atom. The Morgan fingerprint density at radius 3 is 2.64 bits per heavy atom. The highest BCUT2D eigenvalue weighted by Crippen LogP contribution is 1.99. The molecule has 0 heterocycles. The van der Waals surface area contributed by atoms with Crippen LogP contribution in [0.15, 0.2) is 0 Å². The van der Waals surface area contributed by atoms with E-state index in [0.717, 1.165) is 25.9 Å². The fourth-order valence-corrected chi connectivity index (χ4v) is 0.506. The summed E-state index contributed by atoms with van der Waals surface area (Å²) in [6, 6.07) is 0. The van der Waals surface area contributed by atoms with E-state index < -0.39 is 0 Å². The van der Waals surface area contributed by atoms with Crippen molar-refractivity contribution in [2.24, 2.45) is 0 Å². The van der Waals surface area contributed by atoms with E-state index in [9.17, 15) is 0 Å². The van der Waals surface area contributed by atoms with E-state index in [1.165, 1.54) is 6.79 Å². The molecule has 0 aromatic heterocycles. The van der Waals surface area contributed by atoms with Gasteiger partial charge in [-0.05, 0) is 19.8 Å². The summed E-state index contributed by atoms with van der Waals surface area (Å²) in [6.07, 6.45) is 3.56. The Balaban J connectivity index is 2.89. The summed E-state index contributed by atoms with van der Waals surface area (Å²) in [6.45, 7) is 8.49. The molecule has 0 aromatic rings. The van der Waals surface area contributed by atoms with Crippen LogP contribution in [-0.2, 0) is 9.47 Å². The van der Waals surface area contributed by atoms with Crippen molar-refractivity contribution in [3.63, 3.8) is 0 Å². The van der Waals surface area contributed by atoms with E-state index in [4.69, 9.17) is 9.47 Å². The fourth-order valence-electron chi connectivity index (χ4n) is 0.506. The first-order valence-corrected chi connectivity index (χ1v) is 4.40. The Hall–Kier alpha value is -0.0800. The standard InChI is InChI=1S/C9H19O2/c1-4-6-7-10-8-11-9(3)5-2/h8-9H,4-7H2,1-3H3. The Kier molecular flexibility index (Phi) is 7.96. The van der Waals surface area contributed by atoms with Crippen LogP contribution in [0.4, 0.5) is 0 Å². The van der Waals surface area contributed by atoms with Crippen molar-refractivity contribution in [3.8, 4) is 0 Å². The lowest BCUT2D eigenvalue weighted by Crippen LogP contribution is -2.06. The minimum atomic E-state index is 0.275. The second-order valence-electron chi connectivity index (χ2n) is 2.68. The molecule has 0 aliphatic heterocycles. The zero-order chi connectivity index (χ0) is 8.53. The van der Waals surface area contributed by atoms with E-state index in [1.54, 1.807) is 0 Å². The first-order valence-electron chi connectivity index (χ1n) is 4.40. The molecule has 0 aromatic carbocycles. The fraction of sp³-hybridized carbons (Fsp3) is 0.889. The zero-order valence-corrected chi connectivity index (χ0v) is 7.80. The summed E-state index contributed by atoms with van der Waals surface area (Å²) >= 11 is 0. The summed E-state index contributed by atoms with van der Waals surface area (Å²) < 4.78 is 10.3. The van der Waals surface area contributed by atoms with Crippen LogP contribution in [0, 0.1) is 6.79 Å². The summed E-state index contributed by atoms with van der Waals surface area (Å²) in [7, 11) is 0. The number of unbranched alkanes of at least 4 members (excludes halogenated alkanes) is 1. The van der Waals surface area contributed by atoms with Gasteiger partial charge in [0.25, 0.3) is 0 Å². The molecule has 0 fully saturated rings. The van der Waals surface area contributed by atoms with Gasteiger partial charge in [0.05, 0.1) is 6.10 Å². The third-order valence-corrected chi connectivity index (χ3v) is 1.55. The molecule has 1 radical (unpaired) electrons. The molecule has 0 aliphatic carbocycles. The average molecular weight is 159 g/mol. The molecule has 1 atom stereocenters. The van der Waals surface area contributed by atoms with Crippen LogP contribution >= 0.6 is 0 Å². The van der Waals surface area contributed by atoms with Gasteiger partial charge in [-0.1, -0.05) is 20.3 Å². The van der Waals surface area contributed by atoms with Gasteiger partial charge < -0.3 is 9.47 Å². The van der Waals surface area contributed by atoms with Crippen LogP contribution < -0.4 is 0 Å². The third kappa shape index (κ3) is 7.82. The van der Waals surface area contributed by atoms with Gasteiger partial charge in [-0.25, -0.2) is 0 Å². The average Bonchev–Trinajstić information content (AvgIpc) is 2.04. The minimum absolute atomic E-state index is 0.275. The van der Waals surface area contributed by atoms with Gasteiger partial charge in [0.15, 0.2) is 0 Å². The molecule has 0 saturated heterocycles. The molecular weight excluding hydrogens is 140 g/mol. The van der Waals surface area contributed by atoms with Crippen molar-refractivity contribution in [2.45, 2.75) is 46.1 Å². The van der Waals surface area contributed by atoms with Crippen molar-refractivity contribution in [2.75, 3.05) is 6.61 Å². The first kappa shape index (κ1) is 10.9. The van der Waals surface area contributed by atoms with Crippen molar-refractivity contribution in [1.29, 1.82) is 0 Å². The molecule has 0 amide bonds. The van der Waals surface area contributed by atoms with Crippen LogP contribution in [-0.4, -0.2) is 12.7 Å². The Morgan fingerprint density at radius 2 is 2.09 bits per heavy atom. The topological polar surface area (TPSA) is 18.5 Å². The lowest BCUT2D eigenvalue weighted by molar-refractivity contribution is -0.0161. The molecular formula is C9H19O2. The SMILES string of the molecule is CCCCO[CH]OC(C)CC. The highest BCUT2D eigenvalue weighted by atomic mass is 16.7. The molecule has 0 bridgehead atoms. The predicted molar refractivity (Wildman–Crippen MR) is 46.0 cm³/mol. The van der Waals surface area contributed by atoms with Crippen LogP contribution in [0.2, 0.25) is 0 Å². The largest absolute Gasteiger partial charge is 0.348 e. The maximum atomic E-state index is 5.19. The maximum absolute atomic E-state index is 5.19. The second-order valence-corrected chi connectivity index (χ2v) is 2.68. The van der Waals surface area contributed by atoms with Gasteiger partial charge in [-0.2, -0.15) is 0 Å². The lowest BCUT2D eigenvalue weighted by Gasteiger charge is -2.08. The van der Waals surface area contributed by atoms with Crippen molar-refractivity contribution in [1.82, 2.24) is 0 Å². The van der Waals surface area contributed by atoms with Gasteiger partial charge in [-0.15, -0.1) is 0 Å². The minimum Gasteiger partial charge on any atom is -0.348 e. The molecule has 11 heavy (non-hydrogen) atoms. The summed E-state index contributed by atoms with van der Waals surface area (Å²) in [5.41, 5.74) is 0. The smallest absolute Gasteiger partial charge is 0.209 e. The van der Waals surface area contributed by atoms with E-state index >= 15 is 0 Å². The predicted octanol–water partition coefficient (Wildman–Crippen LogP) is 2.74. The summed E-state index contributed by atoms with van der Waals surface area (Å²) in [5.74, 6) is 0. The summed E-state index contributed by atoms with van der Waals surface area (Å²) in [5, 5.41) is 0. The monoisotopic (exact) mass is 159 g/mol. The normalized spacial score (nSPS) is 13.4. The molecule has 0 rings (SSSR count). The first-order chi connectivity index (χ1) is 5.31. The second kappa shape index (κ2) is 8.02. The third-order valence-electron chi connectivity index (χ3n) is 1.55. The van der Waals surface area contributed by atoms with Gasteiger partial charge in [0.2, 0.25) is 6.79 Å². The van der Waals surface area contributed by atoms with Gasteiger partial charge >= 0.3 is 0 Å². The maximum Gasteiger partial charge on any atom is 0.209 e. The van der Waals surface area contributed by atoms with E-state index in [2.05, 4.69) is 13.8 Å². The van der Waals surface area contributed by atoms with Gasteiger partial charge in [0, 0.05) is 6.61 Å². The van der Waals surface area contributed by atoms with Crippen LogP contribution in [0.5, 0.6) is 0 Å². The van der Waals surface area contributed by atoms with E-state index in [1.807, 2.05) is 6.92 Å². The van der Waals surface area contributed by atoms with Crippen LogP contribution in [0.1, 0.15) is 40.0 Å². The zero-order valence-electron chi connectivity index (χ0n) is 7.80. The van der Waals surface area contributed by atoms with Gasteiger partial charge in [0.1, 0.15) is 0 Å². The van der Waals surface area contributed by atoms with Crippen LogP contribution in [0.25, 0.3) is 0 Å². The molecule has 0 aliphatic rings. The molecule has 2 nitrogen and oxygen atoms in total. The highest BCUT2D eigenvalue weighted by molar-refractivity contribution is 4.45. The number of ether oxygens (including phenoxy) is 2. The van der Waals surface area contributed by atoms with E-state index in [-0.39, 0.29) is 6.10 Å². The molecule has 1 unspecified atom stereocenters. The lowest BCUT2D eigenvalue weighted by atomic mass is 10.3. The van der Waals surface area contributed by atoms with E-state index in [0.29, 0.717) is 0 Å². The molecule has 0 saturated carbocycles.